The van der Waals surface area contributed by atoms with E-state index in [1.807, 2.05) is 6.07 Å². The van der Waals surface area contributed by atoms with Crippen molar-refractivity contribution < 1.29 is 4.74 Å². The Balaban J connectivity index is 2.02. The summed E-state index contributed by atoms with van der Waals surface area (Å²) in [4.78, 5) is 0. The molecule has 2 fully saturated rings. The Bertz CT molecular complexity index is 482. The highest BCUT2D eigenvalue weighted by Crippen LogP contribution is 2.49. The third kappa shape index (κ3) is 2.18. The van der Waals surface area contributed by atoms with Crippen LogP contribution in [-0.4, -0.2) is 20.2 Å². The van der Waals surface area contributed by atoms with Crippen LogP contribution in [0.3, 0.4) is 0 Å². The van der Waals surface area contributed by atoms with Gasteiger partial charge in [-0.05, 0) is 62.4 Å². The van der Waals surface area contributed by atoms with Gasteiger partial charge in [0.1, 0.15) is 5.75 Å². The molecule has 1 aliphatic carbocycles. The van der Waals surface area contributed by atoms with Crippen LogP contribution < -0.4 is 10.1 Å². The van der Waals surface area contributed by atoms with E-state index < -0.39 is 0 Å². The molecule has 0 radical (unpaired) electrons. The zero-order valence-electron chi connectivity index (χ0n) is 11.7. The summed E-state index contributed by atoms with van der Waals surface area (Å²) in [6.45, 7) is 6.52. The van der Waals surface area contributed by atoms with Crippen LogP contribution in [0, 0.1) is 5.92 Å². The van der Waals surface area contributed by atoms with Crippen LogP contribution in [0.4, 0.5) is 0 Å². The Morgan fingerprint density at radius 2 is 2.32 bits per heavy atom. The second-order valence-electron chi connectivity index (χ2n) is 6.00. The number of hydrogen-bond donors (Lipinski definition) is 1. The number of fused-ring (bicyclic) bond motifs is 1. The second kappa shape index (κ2) is 5.01. The normalized spacial score (nSPS) is 30.8. The molecule has 0 bridgehead atoms. The fourth-order valence-corrected chi connectivity index (χ4v) is 3.93. The predicted octanol–water partition coefficient (Wildman–Crippen LogP) is 3.28. The zero-order valence-corrected chi connectivity index (χ0v) is 11.7. The van der Waals surface area contributed by atoms with E-state index in [1.54, 1.807) is 7.11 Å². The number of piperidine rings is 1. The van der Waals surface area contributed by atoms with Crippen molar-refractivity contribution in [2.24, 2.45) is 5.92 Å². The molecule has 0 amide bonds. The van der Waals surface area contributed by atoms with Crippen LogP contribution in [0.15, 0.2) is 36.4 Å². The molecule has 1 aromatic rings. The fourth-order valence-electron chi connectivity index (χ4n) is 3.93. The molecule has 0 spiro atoms. The molecule has 2 heteroatoms. The summed E-state index contributed by atoms with van der Waals surface area (Å²) >= 11 is 0. The minimum absolute atomic E-state index is 0.287. The van der Waals surface area contributed by atoms with Gasteiger partial charge in [0.05, 0.1) is 7.11 Å². The van der Waals surface area contributed by atoms with Crippen molar-refractivity contribution in [3.8, 4) is 5.75 Å². The van der Waals surface area contributed by atoms with Gasteiger partial charge in [-0.25, -0.2) is 0 Å². The van der Waals surface area contributed by atoms with Crippen LogP contribution in [0.25, 0.3) is 0 Å². The molecule has 2 nitrogen and oxygen atoms in total. The van der Waals surface area contributed by atoms with E-state index in [9.17, 15) is 0 Å². The van der Waals surface area contributed by atoms with Crippen molar-refractivity contribution in [1.82, 2.24) is 5.32 Å². The standard InChI is InChI=1S/C17H23NO/c1-13-6-7-15-12-18-9-8-17(15,11-13)14-4-3-5-16(10-14)19-2/h3-5,10,15,18H,1,6-9,11-12H2,2H3/t15-,17+/m0/s1. The van der Waals surface area contributed by atoms with Gasteiger partial charge in [-0.15, -0.1) is 0 Å². The molecular formula is C17H23NO. The minimum Gasteiger partial charge on any atom is -0.497 e. The number of hydrogen-bond acceptors (Lipinski definition) is 2. The SMILES string of the molecule is C=C1CC[C@H]2CNCC[C@]2(c2cccc(OC)c2)C1. The first-order valence-corrected chi connectivity index (χ1v) is 7.26. The first-order valence-electron chi connectivity index (χ1n) is 7.26. The van der Waals surface area contributed by atoms with Crippen molar-refractivity contribution in [3.05, 3.63) is 42.0 Å². The number of rotatable bonds is 2. The molecule has 1 N–H and O–H groups in total. The van der Waals surface area contributed by atoms with Crippen LogP contribution in [0.1, 0.15) is 31.2 Å². The monoisotopic (exact) mass is 257 g/mol. The average Bonchev–Trinajstić information content (AvgIpc) is 2.47. The summed E-state index contributed by atoms with van der Waals surface area (Å²) in [5, 5.41) is 3.56. The summed E-state index contributed by atoms with van der Waals surface area (Å²) in [5.74, 6) is 1.71. The number of ether oxygens (including phenoxy) is 1. The highest BCUT2D eigenvalue weighted by Gasteiger charge is 2.44. The lowest BCUT2D eigenvalue weighted by atomic mass is 9.58. The Morgan fingerprint density at radius 3 is 3.16 bits per heavy atom. The highest BCUT2D eigenvalue weighted by molar-refractivity contribution is 5.37. The van der Waals surface area contributed by atoms with Crippen LogP contribution in [0.5, 0.6) is 5.75 Å². The topological polar surface area (TPSA) is 21.3 Å². The van der Waals surface area contributed by atoms with Gasteiger partial charge in [-0.1, -0.05) is 24.3 Å². The number of allylic oxidation sites excluding steroid dienone is 1. The van der Waals surface area contributed by atoms with E-state index in [0.29, 0.717) is 0 Å². The maximum absolute atomic E-state index is 5.41. The largest absolute Gasteiger partial charge is 0.497 e. The van der Waals surface area contributed by atoms with Crippen LogP contribution >= 0.6 is 0 Å². The summed E-state index contributed by atoms with van der Waals surface area (Å²) in [6, 6.07) is 8.67. The maximum Gasteiger partial charge on any atom is 0.119 e. The molecule has 1 saturated carbocycles. The lowest BCUT2D eigenvalue weighted by Gasteiger charge is -2.49. The van der Waals surface area contributed by atoms with Crippen molar-refractivity contribution in [2.75, 3.05) is 20.2 Å². The van der Waals surface area contributed by atoms with E-state index in [4.69, 9.17) is 4.74 Å². The third-order valence-electron chi connectivity index (χ3n) is 4.98. The Labute approximate surface area is 115 Å². The van der Waals surface area contributed by atoms with Gasteiger partial charge in [-0.2, -0.15) is 0 Å². The molecule has 19 heavy (non-hydrogen) atoms. The minimum atomic E-state index is 0.287. The summed E-state index contributed by atoms with van der Waals surface area (Å²) in [6.07, 6.45) is 4.82. The van der Waals surface area contributed by atoms with Crippen molar-refractivity contribution in [3.63, 3.8) is 0 Å². The smallest absolute Gasteiger partial charge is 0.119 e. The molecule has 1 saturated heterocycles. The number of nitrogens with one attached hydrogen (secondary N) is 1. The summed E-state index contributed by atoms with van der Waals surface area (Å²) in [7, 11) is 1.75. The van der Waals surface area contributed by atoms with E-state index in [2.05, 4.69) is 30.1 Å². The Kier molecular flexibility index (Phi) is 3.36. The summed E-state index contributed by atoms with van der Waals surface area (Å²) < 4.78 is 5.41. The molecule has 2 atom stereocenters. The van der Waals surface area contributed by atoms with Crippen molar-refractivity contribution in [1.29, 1.82) is 0 Å². The first-order chi connectivity index (χ1) is 9.24. The average molecular weight is 257 g/mol. The molecule has 0 aromatic heterocycles. The lowest BCUT2D eigenvalue weighted by molar-refractivity contribution is 0.164. The second-order valence-corrected chi connectivity index (χ2v) is 6.00. The molecule has 102 valence electrons. The van der Waals surface area contributed by atoms with Crippen molar-refractivity contribution in [2.45, 2.75) is 31.1 Å². The van der Waals surface area contributed by atoms with E-state index in [-0.39, 0.29) is 5.41 Å². The predicted molar refractivity (Wildman–Crippen MR) is 78.6 cm³/mol. The van der Waals surface area contributed by atoms with Gasteiger partial charge in [0.15, 0.2) is 0 Å². The zero-order chi connectivity index (χ0) is 13.3. The quantitative estimate of drug-likeness (QED) is 0.821. The van der Waals surface area contributed by atoms with Gasteiger partial charge in [0.2, 0.25) is 0 Å². The highest BCUT2D eigenvalue weighted by atomic mass is 16.5. The Hall–Kier alpha value is -1.28. The van der Waals surface area contributed by atoms with Gasteiger partial charge in [0.25, 0.3) is 0 Å². The van der Waals surface area contributed by atoms with E-state index >= 15 is 0 Å². The fraction of sp³-hybridized carbons (Fsp3) is 0.529. The van der Waals surface area contributed by atoms with Gasteiger partial charge < -0.3 is 10.1 Å². The molecule has 1 aliphatic heterocycles. The lowest BCUT2D eigenvalue weighted by Crippen LogP contribution is -2.50. The third-order valence-corrected chi connectivity index (χ3v) is 4.98. The number of methoxy groups -OCH3 is 1. The molecular weight excluding hydrogens is 234 g/mol. The van der Waals surface area contributed by atoms with Crippen LogP contribution in [-0.2, 0) is 5.41 Å². The van der Waals surface area contributed by atoms with E-state index in [1.165, 1.54) is 30.4 Å². The van der Waals surface area contributed by atoms with Crippen LogP contribution in [0.2, 0.25) is 0 Å². The maximum atomic E-state index is 5.41. The summed E-state index contributed by atoms with van der Waals surface area (Å²) in [5.41, 5.74) is 3.15. The van der Waals surface area contributed by atoms with Crippen molar-refractivity contribution >= 4 is 0 Å². The van der Waals surface area contributed by atoms with Gasteiger partial charge in [0, 0.05) is 5.41 Å². The van der Waals surface area contributed by atoms with Gasteiger partial charge in [-0.3, -0.25) is 0 Å². The molecule has 2 aliphatic rings. The van der Waals surface area contributed by atoms with E-state index in [0.717, 1.165) is 31.2 Å². The van der Waals surface area contributed by atoms with Gasteiger partial charge >= 0.3 is 0 Å². The Morgan fingerprint density at radius 1 is 1.42 bits per heavy atom. The molecule has 1 heterocycles. The number of benzene rings is 1. The molecule has 1 aromatic carbocycles. The molecule has 0 unspecified atom stereocenters. The molecule has 3 rings (SSSR count). The first kappa shape index (κ1) is 12.7.